The molecule has 0 amide bonds. The van der Waals surface area contributed by atoms with Gasteiger partial charge in [0.2, 0.25) is 0 Å². The van der Waals surface area contributed by atoms with Crippen molar-refractivity contribution in [2.24, 2.45) is 4.99 Å². The Morgan fingerprint density at radius 2 is 2.10 bits per heavy atom. The summed E-state index contributed by atoms with van der Waals surface area (Å²) in [5, 5.41) is 14.6. The molecular formula is C14H28N6O. The third kappa shape index (κ3) is 7.08. The molecule has 1 aromatic heterocycles. The minimum Gasteiger partial charge on any atom is -0.382 e. The van der Waals surface area contributed by atoms with Crippen LogP contribution >= 0.6 is 0 Å². The molecule has 21 heavy (non-hydrogen) atoms. The molecule has 0 aliphatic heterocycles. The van der Waals surface area contributed by atoms with E-state index in [9.17, 15) is 0 Å². The molecular weight excluding hydrogens is 268 g/mol. The molecule has 7 heteroatoms. The maximum absolute atomic E-state index is 5.31. The smallest absolute Gasteiger partial charge is 0.191 e. The molecule has 120 valence electrons. The third-order valence-corrected chi connectivity index (χ3v) is 3.09. The number of rotatable bonds is 10. The lowest BCUT2D eigenvalue weighted by Gasteiger charge is -2.12. The van der Waals surface area contributed by atoms with Crippen LogP contribution in [0.25, 0.3) is 0 Å². The summed E-state index contributed by atoms with van der Waals surface area (Å²) in [6, 6.07) is 0. The van der Waals surface area contributed by atoms with E-state index in [4.69, 9.17) is 4.74 Å². The maximum Gasteiger partial charge on any atom is 0.191 e. The van der Waals surface area contributed by atoms with Crippen LogP contribution in [0.5, 0.6) is 0 Å². The third-order valence-electron chi connectivity index (χ3n) is 3.09. The second kappa shape index (κ2) is 11.1. The van der Waals surface area contributed by atoms with Gasteiger partial charge in [-0.15, -0.1) is 10.2 Å². The molecule has 0 aliphatic rings. The van der Waals surface area contributed by atoms with Gasteiger partial charge < -0.3 is 19.9 Å². The normalized spacial score (nSPS) is 11.7. The summed E-state index contributed by atoms with van der Waals surface area (Å²) >= 11 is 0. The molecule has 0 unspecified atom stereocenters. The van der Waals surface area contributed by atoms with Gasteiger partial charge in [-0.1, -0.05) is 6.92 Å². The highest BCUT2D eigenvalue weighted by Gasteiger charge is 2.01. The van der Waals surface area contributed by atoms with E-state index in [1.54, 1.807) is 13.4 Å². The Balaban J connectivity index is 2.14. The van der Waals surface area contributed by atoms with Crippen molar-refractivity contribution in [1.82, 2.24) is 25.4 Å². The monoisotopic (exact) mass is 296 g/mol. The van der Waals surface area contributed by atoms with Crippen molar-refractivity contribution in [3.63, 3.8) is 0 Å². The van der Waals surface area contributed by atoms with E-state index in [0.29, 0.717) is 0 Å². The second-order valence-corrected chi connectivity index (χ2v) is 4.62. The second-order valence-electron chi connectivity index (χ2n) is 4.62. The van der Waals surface area contributed by atoms with Crippen molar-refractivity contribution in [2.45, 2.75) is 39.7 Å². The van der Waals surface area contributed by atoms with Crippen LogP contribution < -0.4 is 10.6 Å². The van der Waals surface area contributed by atoms with Crippen molar-refractivity contribution in [1.29, 1.82) is 0 Å². The standard InChI is InChI=1S/C14H28N6O/c1-4-13-19-18-12-20(13)10-9-17-14(15-3)16-8-6-7-11-21-5-2/h12H,4-11H2,1-3H3,(H2,15,16,17). The largest absolute Gasteiger partial charge is 0.382 e. The number of aromatic nitrogens is 3. The van der Waals surface area contributed by atoms with Crippen LogP contribution in [0.15, 0.2) is 11.3 Å². The van der Waals surface area contributed by atoms with Crippen LogP contribution in [-0.2, 0) is 17.7 Å². The van der Waals surface area contributed by atoms with Gasteiger partial charge in [-0.3, -0.25) is 4.99 Å². The number of hydrogen-bond acceptors (Lipinski definition) is 4. The lowest BCUT2D eigenvalue weighted by Crippen LogP contribution is -2.39. The summed E-state index contributed by atoms with van der Waals surface area (Å²) in [4.78, 5) is 4.21. The number of nitrogens with one attached hydrogen (secondary N) is 2. The fourth-order valence-electron chi connectivity index (χ4n) is 1.94. The molecule has 0 radical (unpaired) electrons. The van der Waals surface area contributed by atoms with Crippen molar-refractivity contribution >= 4 is 5.96 Å². The van der Waals surface area contributed by atoms with Crippen molar-refractivity contribution in [3.8, 4) is 0 Å². The first-order valence-electron chi connectivity index (χ1n) is 7.70. The molecule has 0 saturated carbocycles. The Hall–Kier alpha value is -1.63. The van der Waals surface area contributed by atoms with E-state index >= 15 is 0 Å². The number of hydrogen-bond donors (Lipinski definition) is 2. The Labute approximate surface area is 127 Å². The minimum atomic E-state index is 0.791. The number of nitrogens with zero attached hydrogens (tertiary/aromatic N) is 4. The van der Waals surface area contributed by atoms with E-state index in [-0.39, 0.29) is 0 Å². The number of guanidine groups is 1. The van der Waals surface area contributed by atoms with E-state index in [1.807, 2.05) is 6.92 Å². The molecule has 0 spiro atoms. The molecule has 7 nitrogen and oxygen atoms in total. The molecule has 1 heterocycles. The molecule has 1 rings (SSSR count). The van der Waals surface area contributed by atoms with Gasteiger partial charge in [-0.05, 0) is 19.8 Å². The minimum absolute atomic E-state index is 0.791. The molecule has 0 aromatic carbocycles. The van der Waals surface area contributed by atoms with Gasteiger partial charge in [-0.2, -0.15) is 0 Å². The topological polar surface area (TPSA) is 76.4 Å². The average molecular weight is 296 g/mol. The summed E-state index contributed by atoms with van der Waals surface area (Å²) in [6.07, 6.45) is 4.81. The van der Waals surface area contributed by atoms with Crippen molar-refractivity contribution in [3.05, 3.63) is 12.2 Å². The summed E-state index contributed by atoms with van der Waals surface area (Å²) in [5.74, 6) is 1.84. The fraction of sp³-hybridized carbons (Fsp3) is 0.786. The zero-order valence-corrected chi connectivity index (χ0v) is 13.4. The van der Waals surface area contributed by atoms with E-state index in [2.05, 4.69) is 37.3 Å². The zero-order valence-electron chi connectivity index (χ0n) is 13.4. The van der Waals surface area contributed by atoms with Crippen molar-refractivity contribution in [2.75, 3.05) is 33.4 Å². The Bertz CT molecular complexity index is 404. The molecule has 0 bridgehead atoms. The van der Waals surface area contributed by atoms with Gasteiger partial charge in [0.1, 0.15) is 12.2 Å². The lowest BCUT2D eigenvalue weighted by atomic mass is 10.3. The van der Waals surface area contributed by atoms with Gasteiger partial charge in [-0.25, -0.2) is 0 Å². The zero-order chi connectivity index (χ0) is 15.3. The highest BCUT2D eigenvalue weighted by Crippen LogP contribution is 1.94. The van der Waals surface area contributed by atoms with Gasteiger partial charge >= 0.3 is 0 Å². The number of aliphatic imine (C=N–C) groups is 1. The van der Waals surface area contributed by atoms with Crippen LogP contribution in [0.1, 0.15) is 32.5 Å². The van der Waals surface area contributed by atoms with Crippen molar-refractivity contribution < 1.29 is 4.74 Å². The number of ether oxygens (including phenoxy) is 1. The predicted octanol–water partition coefficient (Wildman–Crippen LogP) is 0.822. The summed E-state index contributed by atoms with van der Waals surface area (Å²) in [7, 11) is 1.78. The van der Waals surface area contributed by atoms with Crippen LogP contribution in [-0.4, -0.2) is 54.1 Å². The maximum atomic E-state index is 5.31. The highest BCUT2D eigenvalue weighted by atomic mass is 16.5. The highest BCUT2D eigenvalue weighted by molar-refractivity contribution is 5.79. The summed E-state index contributed by atoms with van der Waals surface area (Å²) < 4.78 is 7.36. The number of unbranched alkanes of at least 4 members (excludes halogenated alkanes) is 1. The quantitative estimate of drug-likeness (QED) is 0.380. The summed E-state index contributed by atoms with van der Waals surface area (Å²) in [5.41, 5.74) is 0. The SMILES string of the molecule is CCOCCCCNC(=NC)NCCn1cnnc1CC. The van der Waals surface area contributed by atoms with Gasteiger partial charge in [0.25, 0.3) is 0 Å². The molecule has 2 N–H and O–H groups in total. The Morgan fingerprint density at radius 1 is 1.29 bits per heavy atom. The van der Waals surface area contributed by atoms with E-state index < -0.39 is 0 Å². The van der Waals surface area contributed by atoms with Crippen LogP contribution in [0.2, 0.25) is 0 Å². The first kappa shape index (κ1) is 17.4. The fourth-order valence-corrected chi connectivity index (χ4v) is 1.94. The Kier molecular flexibility index (Phi) is 9.19. The van der Waals surface area contributed by atoms with E-state index in [1.165, 1.54) is 0 Å². The van der Waals surface area contributed by atoms with Gasteiger partial charge in [0, 0.05) is 46.3 Å². The lowest BCUT2D eigenvalue weighted by molar-refractivity contribution is 0.143. The van der Waals surface area contributed by atoms with Crippen LogP contribution in [0, 0.1) is 0 Å². The Morgan fingerprint density at radius 3 is 2.81 bits per heavy atom. The van der Waals surface area contributed by atoms with Gasteiger partial charge in [0.15, 0.2) is 5.96 Å². The average Bonchev–Trinajstić information content (AvgIpc) is 2.96. The molecule has 0 atom stereocenters. The molecule has 0 aliphatic carbocycles. The predicted molar refractivity (Wildman–Crippen MR) is 84.5 cm³/mol. The van der Waals surface area contributed by atoms with Crippen LogP contribution in [0.4, 0.5) is 0 Å². The summed E-state index contributed by atoms with van der Waals surface area (Å²) in [6.45, 7) is 8.25. The first-order chi connectivity index (χ1) is 10.3. The van der Waals surface area contributed by atoms with Crippen LogP contribution in [0.3, 0.4) is 0 Å². The van der Waals surface area contributed by atoms with E-state index in [0.717, 1.165) is 63.9 Å². The number of aryl methyl sites for hydroxylation is 1. The molecule has 0 fully saturated rings. The first-order valence-corrected chi connectivity index (χ1v) is 7.70. The van der Waals surface area contributed by atoms with Gasteiger partial charge in [0.05, 0.1) is 0 Å². The molecule has 1 aromatic rings. The molecule has 0 saturated heterocycles.